The SMILES string of the molecule is COc1cc(OCCN2CCOCC2)ccc1C=Cc1cc(C=Cc2ccc3ccn(C)c3c2)n[nH]1. The van der Waals surface area contributed by atoms with Crippen molar-refractivity contribution >= 4 is 35.2 Å². The van der Waals surface area contributed by atoms with Gasteiger partial charge in [-0.15, -0.1) is 0 Å². The van der Waals surface area contributed by atoms with E-state index in [1.165, 1.54) is 10.9 Å². The Balaban J connectivity index is 1.19. The van der Waals surface area contributed by atoms with Gasteiger partial charge in [0.25, 0.3) is 0 Å². The molecule has 0 aliphatic carbocycles. The third-order valence-electron chi connectivity index (χ3n) is 6.40. The molecule has 1 saturated heterocycles. The third-order valence-corrected chi connectivity index (χ3v) is 6.40. The Bertz CT molecular complexity index is 1360. The Morgan fingerprint density at radius 3 is 2.75 bits per heavy atom. The molecule has 0 saturated carbocycles. The summed E-state index contributed by atoms with van der Waals surface area (Å²) in [6.07, 6.45) is 10.2. The van der Waals surface area contributed by atoms with E-state index in [2.05, 4.69) is 63.3 Å². The monoisotopic (exact) mass is 484 g/mol. The molecule has 3 heterocycles. The maximum Gasteiger partial charge on any atom is 0.129 e. The van der Waals surface area contributed by atoms with Crippen molar-refractivity contribution in [1.29, 1.82) is 0 Å². The van der Waals surface area contributed by atoms with E-state index >= 15 is 0 Å². The van der Waals surface area contributed by atoms with Gasteiger partial charge in [0.2, 0.25) is 0 Å². The van der Waals surface area contributed by atoms with Crippen molar-refractivity contribution in [2.24, 2.45) is 7.05 Å². The molecule has 0 unspecified atom stereocenters. The predicted molar refractivity (Wildman–Crippen MR) is 145 cm³/mol. The Hall–Kier alpha value is -3.81. The van der Waals surface area contributed by atoms with Crippen LogP contribution in [0.1, 0.15) is 22.5 Å². The van der Waals surface area contributed by atoms with E-state index in [1.54, 1.807) is 7.11 Å². The van der Waals surface area contributed by atoms with Crippen LogP contribution in [0.2, 0.25) is 0 Å². The lowest BCUT2D eigenvalue weighted by atomic mass is 10.1. The van der Waals surface area contributed by atoms with Crippen molar-refractivity contribution in [3.63, 3.8) is 0 Å². The molecular formula is C29H32N4O3. The van der Waals surface area contributed by atoms with E-state index in [1.807, 2.05) is 42.5 Å². The van der Waals surface area contributed by atoms with Crippen molar-refractivity contribution < 1.29 is 14.2 Å². The van der Waals surface area contributed by atoms with Crippen molar-refractivity contribution in [3.8, 4) is 11.5 Å². The normalized spacial score (nSPS) is 14.8. The fourth-order valence-electron chi connectivity index (χ4n) is 4.30. The number of aromatic amines is 1. The fourth-order valence-corrected chi connectivity index (χ4v) is 4.30. The molecule has 0 spiro atoms. The first kappa shape index (κ1) is 23.9. The molecule has 0 radical (unpaired) electrons. The minimum atomic E-state index is 0.641. The van der Waals surface area contributed by atoms with Gasteiger partial charge in [-0.25, -0.2) is 0 Å². The van der Waals surface area contributed by atoms with Crippen molar-refractivity contribution in [2.75, 3.05) is 46.6 Å². The summed E-state index contributed by atoms with van der Waals surface area (Å²) >= 11 is 0. The van der Waals surface area contributed by atoms with Crippen molar-refractivity contribution in [3.05, 3.63) is 77.2 Å². The maximum atomic E-state index is 5.95. The molecule has 0 bridgehead atoms. The molecule has 186 valence electrons. The Kier molecular flexibility index (Phi) is 7.50. The largest absolute Gasteiger partial charge is 0.496 e. The second-order valence-electron chi connectivity index (χ2n) is 8.87. The molecule has 7 nitrogen and oxygen atoms in total. The van der Waals surface area contributed by atoms with Gasteiger partial charge in [-0.1, -0.05) is 18.2 Å². The highest BCUT2D eigenvalue weighted by Crippen LogP contribution is 2.26. The number of aryl methyl sites for hydroxylation is 1. The summed E-state index contributed by atoms with van der Waals surface area (Å²) < 4.78 is 19.1. The Labute approximate surface area is 211 Å². The van der Waals surface area contributed by atoms with Crippen molar-refractivity contribution in [1.82, 2.24) is 19.7 Å². The van der Waals surface area contributed by atoms with Gasteiger partial charge in [0.15, 0.2) is 0 Å². The molecule has 2 aromatic heterocycles. The van der Waals surface area contributed by atoms with Crippen LogP contribution in [0.5, 0.6) is 11.5 Å². The molecule has 1 fully saturated rings. The minimum absolute atomic E-state index is 0.641. The quantitative estimate of drug-likeness (QED) is 0.364. The van der Waals surface area contributed by atoms with Gasteiger partial charge < -0.3 is 18.8 Å². The van der Waals surface area contributed by atoms with E-state index in [9.17, 15) is 0 Å². The van der Waals surface area contributed by atoms with Gasteiger partial charge in [-0.05, 0) is 59.5 Å². The van der Waals surface area contributed by atoms with Gasteiger partial charge in [0.05, 0.1) is 31.7 Å². The fraction of sp³-hybridized carbons (Fsp3) is 0.276. The number of ether oxygens (including phenoxy) is 3. The zero-order chi connectivity index (χ0) is 24.7. The number of hydrogen-bond donors (Lipinski definition) is 1. The van der Waals surface area contributed by atoms with Crippen LogP contribution in [0.3, 0.4) is 0 Å². The van der Waals surface area contributed by atoms with Crippen molar-refractivity contribution in [2.45, 2.75) is 0 Å². The van der Waals surface area contributed by atoms with Gasteiger partial charge in [-0.3, -0.25) is 10.00 Å². The molecule has 7 heteroatoms. The maximum absolute atomic E-state index is 5.95. The molecule has 1 aliphatic heterocycles. The van der Waals surface area contributed by atoms with Gasteiger partial charge in [-0.2, -0.15) is 5.10 Å². The number of fused-ring (bicyclic) bond motifs is 1. The van der Waals surface area contributed by atoms with Gasteiger partial charge in [0, 0.05) is 50.0 Å². The summed E-state index contributed by atoms with van der Waals surface area (Å²) in [5.41, 5.74) is 5.12. The molecule has 1 N–H and O–H groups in total. The molecular weight excluding hydrogens is 452 g/mol. The van der Waals surface area contributed by atoms with Gasteiger partial charge >= 0.3 is 0 Å². The topological polar surface area (TPSA) is 64.5 Å². The Morgan fingerprint density at radius 1 is 1.00 bits per heavy atom. The third kappa shape index (κ3) is 5.87. The number of methoxy groups -OCH3 is 1. The molecule has 36 heavy (non-hydrogen) atoms. The summed E-state index contributed by atoms with van der Waals surface area (Å²) in [4.78, 5) is 2.35. The second kappa shape index (κ2) is 11.3. The smallest absolute Gasteiger partial charge is 0.129 e. The van der Waals surface area contributed by atoms with Gasteiger partial charge in [0.1, 0.15) is 18.1 Å². The van der Waals surface area contributed by atoms with E-state index in [0.29, 0.717) is 6.61 Å². The number of morpholine rings is 1. The number of H-pyrrole nitrogens is 1. The molecule has 1 aliphatic rings. The lowest BCUT2D eigenvalue weighted by Crippen LogP contribution is -2.38. The van der Waals surface area contributed by atoms with E-state index in [-0.39, 0.29) is 0 Å². The molecule has 2 aromatic carbocycles. The number of rotatable bonds is 9. The van der Waals surface area contributed by atoms with Crippen LogP contribution in [0.25, 0.3) is 35.2 Å². The Morgan fingerprint density at radius 2 is 1.89 bits per heavy atom. The average Bonchev–Trinajstić information content (AvgIpc) is 3.53. The van der Waals surface area contributed by atoms with Crippen LogP contribution in [0.4, 0.5) is 0 Å². The van der Waals surface area contributed by atoms with Crippen LogP contribution < -0.4 is 9.47 Å². The zero-order valence-electron chi connectivity index (χ0n) is 20.8. The van der Waals surface area contributed by atoms with Crippen LogP contribution in [-0.2, 0) is 11.8 Å². The van der Waals surface area contributed by atoms with E-state index < -0.39 is 0 Å². The number of aromatic nitrogens is 3. The first-order valence-electron chi connectivity index (χ1n) is 12.3. The van der Waals surface area contributed by atoms with Crippen LogP contribution in [0.15, 0.2) is 54.7 Å². The minimum Gasteiger partial charge on any atom is -0.496 e. The summed E-state index contributed by atoms with van der Waals surface area (Å²) in [6, 6.07) is 16.5. The second-order valence-corrected chi connectivity index (χ2v) is 8.87. The van der Waals surface area contributed by atoms with E-state index in [4.69, 9.17) is 14.2 Å². The first-order valence-corrected chi connectivity index (χ1v) is 12.3. The number of nitrogens with one attached hydrogen (secondary N) is 1. The van der Waals surface area contributed by atoms with Crippen LogP contribution in [0, 0.1) is 0 Å². The highest BCUT2D eigenvalue weighted by atomic mass is 16.5. The molecule has 0 atom stereocenters. The zero-order valence-corrected chi connectivity index (χ0v) is 20.8. The summed E-state index contributed by atoms with van der Waals surface area (Å²) in [5.74, 6) is 1.57. The first-order chi connectivity index (χ1) is 17.7. The number of benzene rings is 2. The van der Waals surface area contributed by atoms with Crippen LogP contribution >= 0.6 is 0 Å². The summed E-state index contributed by atoms with van der Waals surface area (Å²) in [5, 5.41) is 8.74. The number of hydrogen-bond acceptors (Lipinski definition) is 5. The predicted octanol–water partition coefficient (Wildman–Crippen LogP) is 4.96. The molecule has 0 amide bonds. The lowest BCUT2D eigenvalue weighted by Gasteiger charge is -2.26. The summed E-state index contributed by atoms with van der Waals surface area (Å²) in [6.45, 7) is 5.06. The lowest BCUT2D eigenvalue weighted by molar-refractivity contribution is 0.0322. The standard InChI is InChI=1S/C29H32N4O3/c1-32-12-11-23-5-3-22(19-28(23)32)4-8-25-20-26(31-30-25)9-6-24-7-10-27(21-29(24)34-2)36-18-15-33-13-16-35-17-14-33/h3-12,19-21H,13-18H2,1-2H3,(H,30,31). The highest BCUT2D eigenvalue weighted by Gasteiger charge is 2.10. The average molecular weight is 485 g/mol. The highest BCUT2D eigenvalue weighted by molar-refractivity contribution is 5.84. The molecule has 4 aromatic rings. The number of nitrogens with zero attached hydrogens (tertiary/aromatic N) is 3. The van der Waals surface area contributed by atoms with Crippen LogP contribution in [-0.4, -0.2) is 66.2 Å². The van der Waals surface area contributed by atoms with E-state index in [0.717, 1.165) is 66.9 Å². The molecule has 5 rings (SSSR count). The summed E-state index contributed by atoms with van der Waals surface area (Å²) in [7, 11) is 3.74.